The summed E-state index contributed by atoms with van der Waals surface area (Å²) in [5.41, 5.74) is 0.713. The van der Waals surface area contributed by atoms with Gasteiger partial charge in [0, 0.05) is 31.5 Å². The number of hydrogen-bond acceptors (Lipinski definition) is 1. The lowest BCUT2D eigenvalue weighted by Gasteiger charge is -1.88. The molecule has 0 bridgehead atoms. The summed E-state index contributed by atoms with van der Waals surface area (Å²) in [6.45, 7) is 0. The quantitative estimate of drug-likeness (QED) is 0.510. The van der Waals surface area contributed by atoms with Gasteiger partial charge < -0.3 is 4.57 Å². The van der Waals surface area contributed by atoms with E-state index in [1.54, 1.807) is 10.6 Å². The summed E-state index contributed by atoms with van der Waals surface area (Å²) in [4.78, 5) is 10.1. The Balaban J connectivity index is -0.000000178. The molecule has 0 aromatic carbocycles. The summed E-state index contributed by atoms with van der Waals surface area (Å²) in [5, 5.41) is 0. The Hall–Kier alpha value is -1.40. The minimum atomic E-state index is 0. The van der Waals surface area contributed by atoms with Gasteiger partial charge in [-0.1, -0.05) is 0 Å². The molecule has 0 aliphatic heterocycles. The number of carbonyl (C=O) groups is 1. The fourth-order valence-electron chi connectivity index (χ4n) is 0.597. The highest BCUT2D eigenvalue weighted by Crippen LogP contribution is 1.92. The van der Waals surface area contributed by atoms with Crippen molar-refractivity contribution in [1.29, 1.82) is 0 Å². The summed E-state index contributed by atoms with van der Waals surface area (Å²) in [5.74, 6) is 0. The number of carbonyl (C=O) groups excluding carboxylic acids is 1. The fraction of sp³-hybridized carbons (Fsp3) is 0.167. The molecule has 1 aromatic rings. The molecule has 0 aliphatic carbocycles. The average Bonchev–Trinajstić information content (AvgIpc) is 2.58. The number of hydrogen-bond donors (Lipinski definition) is 0. The van der Waals surface area contributed by atoms with Crippen molar-refractivity contribution < 1.29 is 27.8 Å². The smallest absolute Gasteiger partial charge is 0.166 e. The first-order valence-corrected chi connectivity index (χ1v) is 2.69. The van der Waals surface area contributed by atoms with Crippen LogP contribution in [-0.4, -0.2) is 10.9 Å². The molecular formula is C6H8F5NO. The molecule has 0 atom stereocenters. The molecule has 0 saturated carbocycles. The van der Waals surface area contributed by atoms with Gasteiger partial charge in [0.2, 0.25) is 0 Å². The SMILES string of the molecule is Cn1cccc1C=O.F.FF.FF. The first-order valence-electron chi connectivity index (χ1n) is 2.69. The van der Waals surface area contributed by atoms with Crippen LogP contribution in [0.5, 0.6) is 0 Å². The lowest BCUT2D eigenvalue weighted by atomic mass is 10.5. The molecule has 0 spiro atoms. The Morgan fingerprint density at radius 1 is 1.31 bits per heavy atom. The number of aromatic nitrogens is 1. The van der Waals surface area contributed by atoms with Crippen LogP contribution < -0.4 is 0 Å². The monoisotopic (exact) mass is 205 g/mol. The van der Waals surface area contributed by atoms with Gasteiger partial charge in [-0.2, -0.15) is 0 Å². The normalized spacial score (nSPS) is 6.54. The van der Waals surface area contributed by atoms with E-state index in [0.717, 1.165) is 6.29 Å². The zero-order valence-electron chi connectivity index (χ0n) is 6.58. The second-order valence-corrected chi connectivity index (χ2v) is 1.66. The highest BCUT2D eigenvalue weighted by atomic mass is 20.0. The van der Waals surface area contributed by atoms with Gasteiger partial charge >= 0.3 is 0 Å². The molecule has 13 heavy (non-hydrogen) atoms. The summed E-state index contributed by atoms with van der Waals surface area (Å²) in [6, 6.07) is 3.61. The third-order valence-electron chi connectivity index (χ3n) is 1.10. The minimum Gasteiger partial charge on any atom is -0.348 e. The third kappa shape index (κ3) is 6.98. The van der Waals surface area contributed by atoms with Crippen molar-refractivity contribution >= 4 is 6.29 Å². The molecule has 7 heteroatoms. The van der Waals surface area contributed by atoms with E-state index in [1.807, 2.05) is 19.3 Å². The van der Waals surface area contributed by atoms with Gasteiger partial charge in [-0.05, 0) is 12.1 Å². The summed E-state index contributed by atoms with van der Waals surface area (Å²) in [6.07, 6.45) is 2.67. The predicted molar refractivity (Wildman–Crippen MR) is 37.7 cm³/mol. The molecule has 0 saturated heterocycles. The molecular weight excluding hydrogens is 197 g/mol. The van der Waals surface area contributed by atoms with Crippen molar-refractivity contribution in [3.05, 3.63) is 24.0 Å². The Morgan fingerprint density at radius 3 is 1.92 bits per heavy atom. The third-order valence-corrected chi connectivity index (χ3v) is 1.10. The molecule has 0 fully saturated rings. The Kier molecular flexibility index (Phi) is 17.9. The second kappa shape index (κ2) is 13.2. The molecule has 0 N–H and O–H groups in total. The zero-order valence-corrected chi connectivity index (χ0v) is 6.58. The standard InChI is InChI=1S/C6H7NO.2F2.FH/c1-7-4-2-3-6(7)5-8;2*1-2;/h2-5H,1H3;;;1H. The molecule has 0 radical (unpaired) electrons. The average molecular weight is 205 g/mol. The molecule has 0 amide bonds. The van der Waals surface area contributed by atoms with Crippen molar-refractivity contribution in [1.82, 2.24) is 4.57 Å². The van der Waals surface area contributed by atoms with Crippen LogP contribution in [0.4, 0.5) is 23.0 Å². The predicted octanol–water partition coefficient (Wildman–Crippen LogP) is 2.67. The Bertz CT molecular complexity index is 203. The number of rotatable bonds is 1. The highest BCUT2D eigenvalue weighted by molar-refractivity contribution is 5.72. The maximum atomic E-state index is 10.1. The fourth-order valence-corrected chi connectivity index (χ4v) is 0.597. The van der Waals surface area contributed by atoms with E-state index in [4.69, 9.17) is 18.3 Å². The van der Waals surface area contributed by atoms with Crippen molar-refractivity contribution in [3.8, 4) is 0 Å². The van der Waals surface area contributed by atoms with Crippen LogP contribution in [0, 0.1) is 0 Å². The second-order valence-electron chi connectivity index (χ2n) is 1.66. The van der Waals surface area contributed by atoms with Crippen LogP contribution in [0.3, 0.4) is 0 Å². The summed E-state index contributed by atoms with van der Waals surface area (Å²) >= 11 is 0. The van der Waals surface area contributed by atoms with E-state index in [2.05, 4.69) is 0 Å². The largest absolute Gasteiger partial charge is 0.348 e. The zero-order chi connectivity index (χ0) is 9.98. The Morgan fingerprint density at radius 2 is 1.77 bits per heavy atom. The number of aryl methyl sites for hydroxylation is 1. The van der Waals surface area contributed by atoms with Crippen LogP contribution in [-0.2, 0) is 7.05 Å². The molecule has 1 heterocycles. The lowest BCUT2D eigenvalue weighted by molar-refractivity contribution is 0.108. The van der Waals surface area contributed by atoms with Gasteiger partial charge in [0.1, 0.15) is 0 Å². The van der Waals surface area contributed by atoms with Gasteiger partial charge in [-0.25, -0.2) is 0 Å². The summed E-state index contributed by atoms with van der Waals surface area (Å²) < 4.78 is 33.8. The summed E-state index contributed by atoms with van der Waals surface area (Å²) in [7, 11) is 1.84. The maximum Gasteiger partial charge on any atom is 0.166 e. The van der Waals surface area contributed by atoms with E-state index in [9.17, 15) is 4.79 Å². The van der Waals surface area contributed by atoms with E-state index in [0.29, 0.717) is 5.69 Å². The van der Waals surface area contributed by atoms with Crippen LogP contribution in [0.25, 0.3) is 0 Å². The maximum absolute atomic E-state index is 10.1. The van der Waals surface area contributed by atoms with E-state index >= 15 is 0 Å². The van der Waals surface area contributed by atoms with Gasteiger partial charge in [-0.3, -0.25) is 9.50 Å². The van der Waals surface area contributed by atoms with Crippen LogP contribution in [0.15, 0.2) is 18.3 Å². The first kappa shape index (κ1) is 17.6. The molecule has 0 aliphatic rings. The van der Waals surface area contributed by atoms with E-state index in [1.165, 1.54) is 0 Å². The minimum absolute atomic E-state index is 0. The van der Waals surface area contributed by atoms with E-state index in [-0.39, 0.29) is 4.70 Å². The molecule has 1 rings (SSSR count). The number of halogens is 5. The molecule has 0 unspecified atom stereocenters. The van der Waals surface area contributed by atoms with Crippen molar-refractivity contribution in [2.24, 2.45) is 7.05 Å². The number of aldehydes is 1. The first-order chi connectivity index (χ1) is 5.84. The van der Waals surface area contributed by atoms with Crippen LogP contribution in [0.2, 0.25) is 0 Å². The van der Waals surface area contributed by atoms with Gasteiger partial charge in [0.15, 0.2) is 6.29 Å². The molecule has 78 valence electrons. The number of nitrogens with zero attached hydrogens (tertiary/aromatic N) is 1. The van der Waals surface area contributed by atoms with Gasteiger partial charge in [0.05, 0.1) is 5.69 Å². The van der Waals surface area contributed by atoms with Gasteiger partial charge in [-0.15, -0.1) is 0 Å². The van der Waals surface area contributed by atoms with Crippen molar-refractivity contribution in [2.75, 3.05) is 0 Å². The highest BCUT2D eigenvalue weighted by Gasteiger charge is 1.89. The van der Waals surface area contributed by atoms with Crippen LogP contribution in [0.1, 0.15) is 10.5 Å². The van der Waals surface area contributed by atoms with Gasteiger partial charge in [0.25, 0.3) is 0 Å². The topological polar surface area (TPSA) is 22.0 Å². The van der Waals surface area contributed by atoms with Crippen molar-refractivity contribution in [3.63, 3.8) is 0 Å². The lowest BCUT2D eigenvalue weighted by Crippen LogP contribution is -1.90. The van der Waals surface area contributed by atoms with Crippen LogP contribution >= 0.6 is 0 Å². The van der Waals surface area contributed by atoms with Crippen molar-refractivity contribution in [2.45, 2.75) is 0 Å². The Labute approximate surface area is 70.9 Å². The molecule has 1 aromatic heterocycles. The van der Waals surface area contributed by atoms with E-state index < -0.39 is 0 Å². The molecule has 2 nitrogen and oxygen atoms in total.